The summed E-state index contributed by atoms with van der Waals surface area (Å²) in [5.74, 6) is 0.138. The molecule has 5 nitrogen and oxygen atoms in total. The van der Waals surface area contributed by atoms with Gasteiger partial charge in [0.25, 0.3) is 0 Å². The van der Waals surface area contributed by atoms with Gasteiger partial charge in [-0.1, -0.05) is 29.3 Å². The molecule has 0 bridgehead atoms. The van der Waals surface area contributed by atoms with Crippen LogP contribution in [-0.2, 0) is 17.8 Å². The molecular weight excluding hydrogens is 385 g/mol. The summed E-state index contributed by atoms with van der Waals surface area (Å²) in [4.78, 5) is 4.61. The van der Waals surface area contributed by atoms with Crippen molar-refractivity contribution in [3.8, 4) is 17.0 Å². The Hall–Kier alpha value is -1.79. The number of pyridine rings is 1. The molecule has 142 valence electrons. The van der Waals surface area contributed by atoms with Gasteiger partial charge in [-0.15, -0.1) is 0 Å². The van der Waals surface area contributed by atoms with Crippen LogP contribution in [-0.4, -0.2) is 27.4 Å². The van der Waals surface area contributed by atoms with E-state index in [2.05, 4.69) is 4.98 Å². The van der Waals surface area contributed by atoms with Gasteiger partial charge in [0.1, 0.15) is 5.52 Å². The van der Waals surface area contributed by atoms with Gasteiger partial charge in [-0.05, 0) is 37.5 Å². The number of rotatable bonds is 4. The quantitative estimate of drug-likeness (QED) is 0.661. The first-order chi connectivity index (χ1) is 13.0. The van der Waals surface area contributed by atoms with Gasteiger partial charge in [0.15, 0.2) is 0 Å². The summed E-state index contributed by atoms with van der Waals surface area (Å²) in [6, 6.07) is 5.39. The topological polar surface area (TPSA) is 73.3 Å². The third kappa shape index (κ3) is 3.29. The fraction of sp³-hybridized carbons (Fsp3) is 0.350. The highest BCUT2D eigenvalue weighted by molar-refractivity contribution is 6.36. The summed E-state index contributed by atoms with van der Waals surface area (Å²) in [6.07, 6.45) is 4.06. The Bertz CT molecular complexity index is 1010. The lowest BCUT2D eigenvalue weighted by Gasteiger charge is -2.14. The summed E-state index contributed by atoms with van der Waals surface area (Å²) in [7, 11) is 0. The summed E-state index contributed by atoms with van der Waals surface area (Å²) in [6.45, 7) is 3.58. The Kier molecular flexibility index (Phi) is 5.03. The highest BCUT2D eigenvalue weighted by Crippen LogP contribution is 2.41. The summed E-state index contributed by atoms with van der Waals surface area (Å²) >= 11 is 12.6. The monoisotopic (exact) mass is 405 g/mol. The zero-order valence-electron chi connectivity index (χ0n) is 15.0. The van der Waals surface area contributed by atoms with E-state index in [0.29, 0.717) is 28.7 Å². The number of ether oxygens (including phenoxy) is 1. The lowest BCUT2D eigenvalue weighted by atomic mass is 9.96. The van der Waals surface area contributed by atoms with Crippen molar-refractivity contribution in [3.05, 3.63) is 45.7 Å². The minimum atomic E-state index is 0.107. The molecule has 1 atom stereocenters. The minimum absolute atomic E-state index is 0.107. The molecule has 3 heterocycles. The van der Waals surface area contributed by atoms with Crippen LogP contribution < -0.4 is 5.73 Å². The van der Waals surface area contributed by atoms with E-state index in [0.717, 1.165) is 47.2 Å². The Morgan fingerprint density at radius 2 is 2.19 bits per heavy atom. The van der Waals surface area contributed by atoms with Gasteiger partial charge < -0.3 is 20.1 Å². The lowest BCUT2D eigenvalue weighted by Crippen LogP contribution is -2.13. The number of fused-ring (bicyclic) bond motifs is 1. The highest BCUT2D eigenvalue weighted by atomic mass is 35.5. The number of hydrogen-bond acceptors (Lipinski definition) is 4. The number of aryl methyl sites for hydroxylation is 1. The molecule has 4 rings (SSSR count). The zero-order chi connectivity index (χ0) is 19.1. The smallest absolute Gasteiger partial charge is 0.218 e. The predicted octanol–water partition coefficient (Wildman–Crippen LogP) is 4.66. The second-order valence-corrected chi connectivity index (χ2v) is 7.73. The molecule has 0 saturated carbocycles. The Morgan fingerprint density at radius 3 is 2.85 bits per heavy atom. The van der Waals surface area contributed by atoms with Crippen LogP contribution in [0.15, 0.2) is 24.4 Å². The van der Waals surface area contributed by atoms with Crippen LogP contribution in [0.1, 0.15) is 24.1 Å². The SMILES string of the molecule is Cc1nc2c(O)n(C[C@@H]3CCCO3)cc2c(-c2ccc(Cl)cc2Cl)c1CN. The molecule has 0 unspecified atom stereocenters. The number of nitrogens with zero attached hydrogens (tertiary/aromatic N) is 2. The van der Waals surface area contributed by atoms with Crippen LogP contribution in [0.3, 0.4) is 0 Å². The molecule has 0 amide bonds. The Labute approximate surface area is 167 Å². The van der Waals surface area contributed by atoms with Crippen molar-refractivity contribution < 1.29 is 9.84 Å². The molecule has 3 aromatic rings. The van der Waals surface area contributed by atoms with Crippen molar-refractivity contribution in [3.63, 3.8) is 0 Å². The maximum atomic E-state index is 10.8. The van der Waals surface area contributed by atoms with Gasteiger partial charge in [0.05, 0.1) is 12.6 Å². The van der Waals surface area contributed by atoms with Crippen LogP contribution in [0.4, 0.5) is 0 Å². The fourth-order valence-electron chi connectivity index (χ4n) is 3.80. The van der Waals surface area contributed by atoms with E-state index < -0.39 is 0 Å². The van der Waals surface area contributed by atoms with Crippen LogP contribution >= 0.6 is 23.2 Å². The number of halogens is 2. The van der Waals surface area contributed by atoms with Gasteiger partial charge in [-0.25, -0.2) is 4.98 Å². The van der Waals surface area contributed by atoms with E-state index >= 15 is 0 Å². The van der Waals surface area contributed by atoms with Crippen LogP contribution in [0.25, 0.3) is 22.0 Å². The summed E-state index contributed by atoms with van der Waals surface area (Å²) in [5.41, 5.74) is 9.98. The first-order valence-corrected chi connectivity index (χ1v) is 9.73. The van der Waals surface area contributed by atoms with Gasteiger partial charge in [-0.3, -0.25) is 0 Å². The lowest BCUT2D eigenvalue weighted by molar-refractivity contribution is 0.0952. The number of nitrogens with two attached hydrogens (primary N) is 1. The van der Waals surface area contributed by atoms with E-state index in [9.17, 15) is 5.11 Å². The van der Waals surface area contributed by atoms with E-state index in [4.69, 9.17) is 33.7 Å². The van der Waals surface area contributed by atoms with E-state index in [-0.39, 0.29) is 12.0 Å². The first-order valence-electron chi connectivity index (χ1n) is 8.98. The van der Waals surface area contributed by atoms with Crippen molar-refractivity contribution in [1.29, 1.82) is 0 Å². The normalized spacial score (nSPS) is 17.1. The van der Waals surface area contributed by atoms with Crippen LogP contribution in [0, 0.1) is 6.92 Å². The molecular formula is C20H21Cl2N3O2. The van der Waals surface area contributed by atoms with Gasteiger partial charge in [0.2, 0.25) is 5.88 Å². The summed E-state index contributed by atoms with van der Waals surface area (Å²) in [5, 5.41) is 12.7. The van der Waals surface area contributed by atoms with Crippen molar-refractivity contribution in [1.82, 2.24) is 9.55 Å². The fourth-order valence-corrected chi connectivity index (χ4v) is 4.31. The van der Waals surface area contributed by atoms with E-state index in [1.807, 2.05) is 19.2 Å². The van der Waals surface area contributed by atoms with Gasteiger partial charge in [0, 0.05) is 51.6 Å². The molecule has 1 aromatic carbocycles. The Morgan fingerprint density at radius 1 is 1.37 bits per heavy atom. The molecule has 1 aliphatic heterocycles. The molecule has 1 fully saturated rings. The third-order valence-electron chi connectivity index (χ3n) is 5.14. The molecule has 0 aliphatic carbocycles. The van der Waals surface area contributed by atoms with Gasteiger partial charge >= 0.3 is 0 Å². The van der Waals surface area contributed by atoms with Crippen molar-refractivity contribution in [2.24, 2.45) is 5.73 Å². The molecule has 1 aliphatic rings. The standard InChI is InChI=1S/C20H21Cl2N3O2/c1-11-15(8-23)18(14-5-4-12(21)7-17(14)22)16-10-25(20(26)19(16)24-11)9-13-3-2-6-27-13/h4-5,7,10,13,26H,2-3,6,8-9,23H2,1H3/t13-/m0/s1. The molecule has 3 N–H and O–H groups in total. The maximum Gasteiger partial charge on any atom is 0.218 e. The number of hydrogen-bond donors (Lipinski definition) is 2. The number of aromatic hydroxyl groups is 1. The maximum absolute atomic E-state index is 10.8. The van der Waals surface area contributed by atoms with Crippen molar-refractivity contribution in [2.45, 2.75) is 39.0 Å². The predicted molar refractivity (Wildman–Crippen MR) is 108 cm³/mol. The van der Waals surface area contributed by atoms with Crippen LogP contribution in [0.2, 0.25) is 10.0 Å². The molecule has 2 aromatic heterocycles. The molecule has 1 saturated heterocycles. The average Bonchev–Trinajstić information content (AvgIpc) is 3.24. The second-order valence-electron chi connectivity index (χ2n) is 6.88. The Balaban J connectivity index is 1.94. The van der Waals surface area contributed by atoms with Crippen molar-refractivity contribution in [2.75, 3.05) is 6.61 Å². The first kappa shape index (κ1) is 18.6. The largest absolute Gasteiger partial charge is 0.493 e. The van der Waals surface area contributed by atoms with E-state index in [1.54, 1.807) is 16.7 Å². The van der Waals surface area contributed by atoms with Gasteiger partial charge in [-0.2, -0.15) is 0 Å². The average molecular weight is 406 g/mol. The molecule has 27 heavy (non-hydrogen) atoms. The molecule has 0 spiro atoms. The highest BCUT2D eigenvalue weighted by Gasteiger charge is 2.23. The molecule has 0 radical (unpaired) electrons. The second kappa shape index (κ2) is 7.32. The minimum Gasteiger partial charge on any atom is -0.493 e. The zero-order valence-corrected chi connectivity index (χ0v) is 16.5. The van der Waals surface area contributed by atoms with Crippen molar-refractivity contribution >= 4 is 34.1 Å². The summed E-state index contributed by atoms with van der Waals surface area (Å²) < 4.78 is 7.52. The molecule has 7 heteroatoms. The van der Waals surface area contributed by atoms with E-state index in [1.165, 1.54) is 0 Å². The number of benzene rings is 1. The van der Waals surface area contributed by atoms with Crippen LogP contribution in [0.5, 0.6) is 5.88 Å². The third-order valence-corrected chi connectivity index (χ3v) is 5.69. The number of aromatic nitrogens is 2.